The Labute approximate surface area is 237 Å². The van der Waals surface area contributed by atoms with Crippen LogP contribution in [0.15, 0.2) is 53.3 Å². The molecule has 1 saturated heterocycles. The number of carbonyl (C=O) groups excluding carboxylic acids is 4. The molecule has 2 aliphatic rings. The lowest BCUT2D eigenvalue weighted by molar-refractivity contribution is -0.146. The minimum Gasteiger partial charge on any atom is -0.379 e. The van der Waals surface area contributed by atoms with Crippen LogP contribution in [0.3, 0.4) is 0 Å². The third-order valence-corrected chi connectivity index (χ3v) is 6.98. The van der Waals surface area contributed by atoms with Gasteiger partial charge in [-0.25, -0.2) is 5.48 Å². The number of anilines is 2. The van der Waals surface area contributed by atoms with E-state index in [4.69, 9.17) is 21.2 Å². The number of hydrogen-bond donors (Lipinski definition) is 3. The normalized spacial score (nSPS) is 16.9. The predicted octanol–water partition coefficient (Wildman–Crippen LogP) is 4.92. The predicted molar refractivity (Wildman–Crippen MR) is 150 cm³/mol. The molecule has 1 aromatic carbocycles. The summed E-state index contributed by atoms with van der Waals surface area (Å²) in [6, 6.07) is 9.91. The summed E-state index contributed by atoms with van der Waals surface area (Å²) in [5, 5.41) is 5.57. The Bertz CT molecular complexity index is 1260. The van der Waals surface area contributed by atoms with Crippen LogP contribution in [-0.2, 0) is 19.2 Å². The number of ether oxygens (including phenoxy) is 1. The van der Waals surface area contributed by atoms with Crippen molar-refractivity contribution < 1.29 is 28.8 Å². The summed E-state index contributed by atoms with van der Waals surface area (Å²) in [5.74, 6) is -1.13. The number of ketones is 2. The Morgan fingerprint density at radius 3 is 2.38 bits per heavy atom. The highest BCUT2D eigenvalue weighted by Gasteiger charge is 2.32. The third-order valence-electron chi connectivity index (χ3n) is 6.62. The van der Waals surface area contributed by atoms with Gasteiger partial charge >= 0.3 is 0 Å². The second-order valence-electron chi connectivity index (χ2n) is 9.75. The fourth-order valence-corrected chi connectivity index (χ4v) is 4.67. The molecular formula is C29H33ClN4O6. The van der Waals surface area contributed by atoms with Crippen molar-refractivity contribution in [3.8, 4) is 0 Å². The minimum atomic E-state index is -0.510. The van der Waals surface area contributed by atoms with Gasteiger partial charge in [-0.2, -0.15) is 0 Å². The average molecular weight is 569 g/mol. The molecule has 10 nitrogen and oxygen atoms in total. The fraction of sp³-hybridized carbons (Fsp3) is 0.414. The number of aromatic nitrogens is 1. The quantitative estimate of drug-likeness (QED) is 0.229. The van der Waals surface area contributed by atoms with Crippen LogP contribution < -0.4 is 16.1 Å². The number of hydrogen-bond acceptors (Lipinski definition) is 8. The first-order chi connectivity index (χ1) is 19.4. The molecule has 4 rings (SSSR count). The molecule has 212 valence electrons. The molecule has 3 N–H and O–H groups in total. The molecule has 40 heavy (non-hydrogen) atoms. The monoisotopic (exact) mass is 568 g/mol. The first-order valence-corrected chi connectivity index (χ1v) is 13.9. The van der Waals surface area contributed by atoms with E-state index < -0.39 is 11.6 Å². The number of carbonyl (C=O) groups is 4. The van der Waals surface area contributed by atoms with Crippen molar-refractivity contribution >= 4 is 46.4 Å². The van der Waals surface area contributed by atoms with Crippen LogP contribution in [0.25, 0.3) is 0 Å². The van der Waals surface area contributed by atoms with Crippen molar-refractivity contribution in [2.24, 2.45) is 0 Å². The van der Waals surface area contributed by atoms with Crippen LogP contribution in [0.2, 0.25) is 0 Å². The maximum absolute atomic E-state index is 12.8. The van der Waals surface area contributed by atoms with Crippen LogP contribution in [0.5, 0.6) is 0 Å². The number of unbranched alkanes of at least 4 members (excludes halogenated alkanes) is 4. The van der Waals surface area contributed by atoms with Gasteiger partial charge in [0.1, 0.15) is 22.5 Å². The summed E-state index contributed by atoms with van der Waals surface area (Å²) in [6.45, 7) is 1.27. The number of hydroxylamine groups is 1. The van der Waals surface area contributed by atoms with Gasteiger partial charge in [0.05, 0.1) is 12.2 Å². The smallest absolute Gasteiger partial charge is 0.243 e. The molecule has 2 aromatic rings. The highest BCUT2D eigenvalue weighted by atomic mass is 35.5. The number of allylic oxidation sites excluding steroid dienone is 2. The zero-order valence-corrected chi connectivity index (χ0v) is 22.9. The average Bonchev–Trinajstić information content (AvgIpc) is 2.98. The van der Waals surface area contributed by atoms with Crippen LogP contribution in [0.4, 0.5) is 11.4 Å². The number of benzene rings is 1. The number of halogens is 1. The van der Waals surface area contributed by atoms with E-state index in [1.807, 2.05) is 0 Å². The second kappa shape index (κ2) is 14.7. The molecule has 1 unspecified atom stereocenters. The zero-order valence-electron chi connectivity index (χ0n) is 22.2. The molecule has 0 saturated carbocycles. The largest absolute Gasteiger partial charge is 0.379 e. The van der Waals surface area contributed by atoms with E-state index in [0.29, 0.717) is 30.8 Å². The molecule has 1 fully saturated rings. The van der Waals surface area contributed by atoms with E-state index in [9.17, 15) is 19.2 Å². The Kier molecular flexibility index (Phi) is 10.8. The van der Waals surface area contributed by atoms with E-state index in [2.05, 4.69) is 21.1 Å². The van der Waals surface area contributed by atoms with Crippen LogP contribution in [0.1, 0.15) is 78.6 Å². The Balaban J connectivity index is 1.10. The summed E-state index contributed by atoms with van der Waals surface area (Å²) in [5.41, 5.74) is 3.90. The van der Waals surface area contributed by atoms with Crippen molar-refractivity contribution in [1.29, 1.82) is 0 Å². The fourth-order valence-electron chi connectivity index (χ4n) is 4.44. The molecule has 1 aliphatic heterocycles. The van der Waals surface area contributed by atoms with Crippen LogP contribution in [-0.4, -0.2) is 47.7 Å². The van der Waals surface area contributed by atoms with E-state index in [1.54, 1.807) is 30.3 Å². The lowest BCUT2D eigenvalue weighted by Crippen LogP contribution is -2.34. The molecule has 1 atom stereocenters. The molecule has 2 heterocycles. The SMILES string of the molecule is O=C(CCCCCCCC(=O)Nc1ccc(NC2=C(Cl)C(=O)c3ncccc3C2=O)cc1)NOC1CCCOC1. The number of fused-ring (bicyclic) bond motifs is 1. The second-order valence-corrected chi connectivity index (χ2v) is 10.1. The topological polar surface area (TPSA) is 136 Å². The first kappa shape index (κ1) is 29.4. The van der Waals surface area contributed by atoms with Gasteiger partial charge in [-0.1, -0.05) is 30.9 Å². The molecule has 1 aromatic heterocycles. The Hall–Kier alpha value is -3.60. The molecule has 0 radical (unpaired) electrons. The molecule has 0 spiro atoms. The van der Waals surface area contributed by atoms with E-state index in [-0.39, 0.29) is 39.9 Å². The van der Waals surface area contributed by atoms with E-state index in [1.165, 1.54) is 12.3 Å². The lowest BCUT2D eigenvalue weighted by Gasteiger charge is -2.21. The summed E-state index contributed by atoms with van der Waals surface area (Å²) in [4.78, 5) is 58.8. The third kappa shape index (κ3) is 8.20. The van der Waals surface area contributed by atoms with Crippen molar-refractivity contribution in [2.45, 2.75) is 63.9 Å². The highest BCUT2D eigenvalue weighted by Crippen LogP contribution is 2.28. The van der Waals surface area contributed by atoms with Crippen molar-refractivity contribution in [3.63, 3.8) is 0 Å². The van der Waals surface area contributed by atoms with Crippen molar-refractivity contribution in [2.75, 3.05) is 23.8 Å². The zero-order chi connectivity index (χ0) is 28.3. The molecule has 1 aliphatic carbocycles. The van der Waals surface area contributed by atoms with Crippen LogP contribution >= 0.6 is 11.6 Å². The van der Waals surface area contributed by atoms with Gasteiger partial charge in [-0.3, -0.25) is 29.0 Å². The van der Waals surface area contributed by atoms with Crippen molar-refractivity contribution in [1.82, 2.24) is 10.5 Å². The Morgan fingerprint density at radius 1 is 0.950 bits per heavy atom. The van der Waals surface area contributed by atoms with Gasteiger partial charge in [0.25, 0.3) is 0 Å². The van der Waals surface area contributed by atoms with Gasteiger partial charge in [0.2, 0.25) is 23.4 Å². The molecule has 11 heteroatoms. The first-order valence-electron chi connectivity index (χ1n) is 13.6. The summed E-state index contributed by atoms with van der Waals surface area (Å²) < 4.78 is 5.32. The van der Waals surface area contributed by atoms with Gasteiger partial charge in [0.15, 0.2) is 0 Å². The Morgan fingerprint density at radius 2 is 1.65 bits per heavy atom. The maximum Gasteiger partial charge on any atom is 0.243 e. The maximum atomic E-state index is 12.8. The number of rotatable bonds is 13. The highest BCUT2D eigenvalue weighted by molar-refractivity contribution is 6.50. The van der Waals surface area contributed by atoms with Gasteiger partial charge in [-0.05, 0) is 62.1 Å². The van der Waals surface area contributed by atoms with Gasteiger partial charge in [-0.15, -0.1) is 0 Å². The summed E-state index contributed by atoms with van der Waals surface area (Å²) in [6.07, 6.45) is 8.29. The standard InChI is InChI=1S/C29H33ClN4O6/c30-25-27(28(37)22-9-6-16-31-26(22)29(25)38)33-20-14-12-19(13-15-20)32-23(35)10-4-2-1-3-5-11-24(36)34-40-21-8-7-17-39-18-21/h6,9,12-16,21,33H,1-5,7-8,10-11,17-18H2,(H,32,35)(H,34,36). The molecular weight excluding hydrogens is 536 g/mol. The number of nitrogens with one attached hydrogen (secondary N) is 3. The van der Waals surface area contributed by atoms with E-state index in [0.717, 1.165) is 51.6 Å². The number of amides is 2. The van der Waals surface area contributed by atoms with Gasteiger partial charge in [0, 0.05) is 37.0 Å². The number of pyridine rings is 1. The number of nitrogens with zero attached hydrogens (tertiary/aromatic N) is 1. The lowest BCUT2D eigenvalue weighted by atomic mass is 9.97. The van der Waals surface area contributed by atoms with Crippen LogP contribution in [0, 0.1) is 0 Å². The summed E-state index contributed by atoms with van der Waals surface area (Å²) in [7, 11) is 0. The van der Waals surface area contributed by atoms with Gasteiger partial charge < -0.3 is 15.4 Å². The van der Waals surface area contributed by atoms with E-state index >= 15 is 0 Å². The minimum absolute atomic E-state index is 0.00698. The summed E-state index contributed by atoms with van der Waals surface area (Å²) >= 11 is 6.17. The molecule has 2 amide bonds. The molecule has 0 bridgehead atoms. The number of Topliss-reactive ketones (excluding diaryl/α,β-unsaturated/α-hetero) is 2. The van der Waals surface area contributed by atoms with Crippen molar-refractivity contribution in [3.05, 3.63) is 64.6 Å².